The third-order valence-corrected chi connectivity index (χ3v) is 2.53. The molecule has 0 fully saturated rings. The Morgan fingerprint density at radius 1 is 1.37 bits per heavy atom. The first-order valence-electron chi connectivity index (χ1n) is 5.92. The zero-order valence-corrected chi connectivity index (χ0v) is 11.0. The fourth-order valence-corrected chi connectivity index (χ4v) is 1.58. The lowest BCUT2D eigenvalue weighted by molar-refractivity contribution is 0.0696. The maximum Gasteiger partial charge on any atom is 0.335 e. The van der Waals surface area contributed by atoms with Crippen molar-refractivity contribution in [2.24, 2.45) is 0 Å². The molecule has 0 aromatic heterocycles. The van der Waals surface area contributed by atoms with E-state index in [0.29, 0.717) is 24.4 Å². The van der Waals surface area contributed by atoms with Crippen molar-refractivity contribution in [1.29, 1.82) is 0 Å². The van der Waals surface area contributed by atoms with E-state index in [1.165, 1.54) is 6.07 Å². The lowest BCUT2D eigenvalue weighted by Crippen LogP contribution is -2.30. The second kappa shape index (κ2) is 7.38. The van der Waals surface area contributed by atoms with Gasteiger partial charge in [0.05, 0.1) is 5.56 Å². The van der Waals surface area contributed by atoms with Crippen molar-refractivity contribution in [3.63, 3.8) is 0 Å². The van der Waals surface area contributed by atoms with Gasteiger partial charge in [0, 0.05) is 25.9 Å². The summed E-state index contributed by atoms with van der Waals surface area (Å²) in [7, 11) is 1.60. The molecule has 6 nitrogen and oxygen atoms in total. The molecule has 6 heteroatoms. The number of methoxy groups -OCH3 is 1. The molecule has 0 unspecified atom stereocenters. The molecule has 104 valence electrons. The summed E-state index contributed by atoms with van der Waals surface area (Å²) in [5.74, 6) is -0.979. The molecule has 2 amide bonds. The van der Waals surface area contributed by atoms with Gasteiger partial charge >= 0.3 is 12.0 Å². The van der Waals surface area contributed by atoms with E-state index in [1.807, 2.05) is 0 Å². The first-order chi connectivity index (χ1) is 9.04. The highest BCUT2D eigenvalue weighted by Crippen LogP contribution is 2.15. The van der Waals surface area contributed by atoms with E-state index in [0.717, 1.165) is 6.42 Å². The van der Waals surface area contributed by atoms with Gasteiger partial charge in [-0.15, -0.1) is 0 Å². The van der Waals surface area contributed by atoms with E-state index >= 15 is 0 Å². The minimum absolute atomic E-state index is 0.228. The number of nitrogens with one attached hydrogen (secondary N) is 2. The molecule has 19 heavy (non-hydrogen) atoms. The minimum atomic E-state index is -0.979. The molecule has 1 rings (SSSR count). The van der Waals surface area contributed by atoms with E-state index in [1.54, 1.807) is 26.2 Å². The van der Waals surface area contributed by atoms with Gasteiger partial charge in [0.2, 0.25) is 0 Å². The number of carbonyl (C=O) groups excluding carboxylic acids is 1. The second-order valence-corrected chi connectivity index (χ2v) is 4.06. The van der Waals surface area contributed by atoms with Crippen molar-refractivity contribution in [2.75, 3.05) is 25.6 Å². The molecule has 3 N–H and O–H groups in total. The number of carboxylic acid groups (broad SMARTS) is 1. The SMILES string of the molecule is COCCCNC(=O)Nc1ccc(C(=O)O)c(C)c1. The Morgan fingerprint density at radius 3 is 2.68 bits per heavy atom. The number of urea groups is 1. The molecule has 0 saturated heterocycles. The van der Waals surface area contributed by atoms with Crippen LogP contribution in [0.25, 0.3) is 0 Å². The van der Waals surface area contributed by atoms with Crippen molar-refractivity contribution in [3.05, 3.63) is 29.3 Å². The van der Waals surface area contributed by atoms with Crippen molar-refractivity contribution in [2.45, 2.75) is 13.3 Å². The van der Waals surface area contributed by atoms with Gasteiger partial charge in [-0.3, -0.25) is 0 Å². The highest BCUT2D eigenvalue weighted by atomic mass is 16.5. The number of anilines is 1. The summed E-state index contributed by atoms with van der Waals surface area (Å²) in [6.45, 7) is 2.80. The summed E-state index contributed by atoms with van der Waals surface area (Å²) in [6, 6.07) is 4.33. The number of hydrogen-bond donors (Lipinski definition) is 3. The Kier molecular flexibility index (Phi) is 5.81. The van der Waals surface area contributed by atoms with Crippen LogP contribution in [0.5, 0.6) is 0 Å². The number of carbonyl (C=O) groups is 2. The van der Waals surface area contributed by atoms with Gasteiger partial charge in [-0.25, -0.2) is 9.59 Å². The number of aromatic carboxylic acids is 1. The monoisotopic (exact) mass is 266 g/mol. The molecule has 0 heterocycles. The summed E-state index contributed by atoms with van der Waals surface area (Å²) < 4.78 is 4.87. The molecule has 0 spiro atoms. The summed E-state index contributed by atoms with van der Waals surface area (Å²) in [6.07, 6.45) is 0.737. The summed E-state index contributed by atoms with van der Waals surface area (Å²) in [4.78, 5) is 22.4. The van der Waals surface area contributed by atoms with Crippen LogP contribution in [0.3, 0.4) is 0 Å². The van der Waals surface area contributed by atoms with Gasteiger partial charge < -0.3 is 20.5 Å². The number of ether oxygens (including phenoxy) is 1. The number of rotatable bonds is 6. The fraction of sp³-hybridized carbons (Fsp3) is 0.385. The van der Waals surface area contributed by atoms with E-state index < -0.39 is 5.97 Å². The third-order valence-electron chi connectivity index (χ3n) is 2.53. The fourth-order valence-electron chi connectivity index (χ4n) is 1.58. The van der Waals surface area contributed by atoms with E-state index in [9.17, 15) is 9.59 Å². The van der Waals surface area contributed by atoms with Crippen LogP contribution in [-0.2, 0) is 4.74 Å². The van der Waals surface area contributed by atoms with Crippen molar-refractivity contribution in [3.8, 4) is 0 Å². The molecule has 0 saturated carbocycles. The van der Waals surface area contributed by atoms with Crippen LogP contribution < -0.4 is 10.6 Å². The Morgan fingerprint density at radius 2 is 2.11 bits per heavy atom. The molecule has 1 aromatic rings. The topological polar surface area (TPSA) is 87.7 Å². The number of hydrogen-bond acceptors (Lipinski definition) is 3. The number of carboxylic acids is 1. The Labute approximate surface area is 111 Å². The summed E-state index contributed by atoms with van der Waals surface area (Å²) >= 11 is 0. The molecule has 0 radical (unpaired) electrons. The molecule has 0 aliphatic heterocycles. The highest BCUT2D eigenvalue weighted by Gasteiger charge is 2.08. The molecule has 0 bridgehead atoms. The summed E-state index contributed by atoms with van der Waals surface area (Å²) in [5, 5.41) is 14.2. The molecular weight excluding hydrogens is 248 g/mol. The molecule has 1 aromatic carbocycles. The number of aryl methyl sites for hydroxylation is 1. The third kappa shape index (κ3) is 4.97. The van der Waals surface area contributed by atoms with Gasteiger partial charge in [-0.2, -0.15) is 0 Å². The van der Waals surface area contributed by atoms with Crippen molar-refractivity contribution >= 4 is 17.7 Å². The smallest absolute Gasteiger partial charge is 0.335 e. The number of benzene rings is 1. The molecule has 0 aliphatic carbocycles. The van der Waals surface area contributed by atoms with Crippen LogP contribution in [0.15, 0.2) is 18.2 Å². The zero-order valence-electron chi connectivity index (χ0n) is 11.0. The highest BCUT2D eigenvalue weighted by molar-refractivity contribution is 5.92. The predicted octanol–water partition coefficient (Wildman–Crippen LogP) is 1.85. The van der Waals surface area contributed by atoms with Crippen LogP contribution in [0.2, 0.25) is 0 Å². The lowest BCUT2D eigenvalue weighted by atomic mass is 10.1. The maximum atomic E-state index is 11.5. The first kappa shape index (κ1) is 15.0. The van der Waals surface area contributed by atoms with Gasteiger partial charge in [-0.1, -0.05) is 0 Å². The summed E-state index contributed by atoms with van der Waals surface area (Å²) in [5.41, 5.74) is 1.39. The quantitative estimate of drug-likeness (QED) is 0.686. The van der Waals surface area contributed by atoms with Gasteiger partial charge in [0.25, 0.3) is 0 Å². The van der Waals surface area contributed by atoms with Crippen LogP contribution in [-0.4, -0.2) is 37.4 Å². The second-order valence-electron chi connectivity index (χ2n) is 4.06. The van der Waals surface area contributed by atoms with Crippen molar-refractivity contribution in [1.82, 2.24) is 5.32 Å². The Hall–Kier alpha value is -2.08. The molecular formula is C13H18N2O4. The van der Waals surface area contributed by atoms with Gasteiger partial charge in [0.15, 0.2) is 0 Å². The standard InChI is InChI=1S/C13H18N2O4/c1-9-8-10(4-5-11(9)12(16)17)15-13(18)14-6-3-7-19-2/h4-5,8H,3,6-7H2,1-2H3,(H,16,17)(H2,14,15,18). The van der Waals surface area contributed by atoms with E-state index in [2.05, 4.69) is 10.6 Å². The first-order valence-corrected chi connectivity index (χ1v) is 5.92. The predicted molar refractivity (Wildman–Crippen MR) is 71.7 cm³/mol. The average molecular weight is 266 g/mol. The van der Waals surface area contributed by atoms with E-state index in [4.69, 9.17) is 9.84 Å². The van der Waals surface area contributed by atoms with Gasteiger partial charge in [0.1, 0.15) is 0 Å². The van der Waals surface area contributed by atoms with Gasteiger partial charge in [-0.05, 0) is 37.1 Å². The van der Waals surface area contributed by atoms with Crippen LogP contribution in [0.1, 0.15) is 22.3 Å². The van der Waals surface area contributed by atoms with E-state index in [-0.39, 0.29) is 11.6 Å². The van der Waals surface area contributed by atoms with Crippen LogP contribution in [0.4, 0.5) is 10.5 Å². The maximum absolute atomic E-state index is 11.5. The van der Waals surface area contributed by atoms with Crippen molar-refractivity contribution < 1.29 is 19.4 Å². The normalized spacial score (nSPS) is 10.0. The zero-order chi connectivity index (χ0) is 14.3. The molecule has 0 aliphatic rings. The minimum Gasteiger partial charge on any atom is -0.478 e. The largest absolute Gasteiger partial charge is 0.478 e. The average Bonchev–Trinajstić information content (AvgIpc) is 2.34. The molecule has 0 atom stereocenters. The Balaban J connectivity index is 2.51. The van der Waals surface area contributed by atoms with Crippen LogP contribution >= 0.6 is 0 Å². The lowest BCUT2D eigenvalue weighted by Gasteiger charge is -2.09. The number of amides is 2. The van der Waals surface area contributed by atoms with Crippen LogP contribution in [0, 0.1) is 6.92 Å². The Bertz CT molecular complexity index is 460.